The van der Waals surface area contributed by atoms with E-state index in [0.29, 0.717) is 5.82 Å². The highest BCUT2D eigenvalue weighted by Crippen LogP contribution is 2.18. The summed E-state index contributed by atoms with van der Waals surface area (Å²) in [4.78, 5) is 28.7. The molecule has 1 unspecified atom stereocenters. The van der Waals surface area contributed by atoms with Crippen molar-refractivity contribution in [1.82, 2.24) is 14.8 Å². The number of nitrogens with zero attached hydrogens (tertiary/aromatic N) is 3. The van der Waals surface area contributed by atoms with Gasteiger partial charge in [0.1, 0.15) is 11.9 Å². The molecule has 114 valence electrons. The first-order valence-corrected chi connectivity index (χ1v) is 7.41. The number of pyridine rings is 1. The molecule has 6 nitrogen and oxygen atoms in total. The summed E-state index contributed by atoms with van der Waals surface area (Å²) in [7, 11) is 0. The van der Waals surface area contributed by atoms with Gasteiger partial charge in [-0.1, -0.05) is 6.07 Å². The lowest BCUT2D eigenvalue weighted by atomic mass is 10.2. The van der Waals surface area contributed by atoms with Crippen LogP contribution in [0.25, 0.3) is 0 Å². The number of hydrogen-bond acceptors (Lipinski definition) is 4. The van der Waals surface area contributed by atoms with Gasteiger partial charge in [-0.05, 0) is 50.8 Å². The number of carbonyl (C=O) groups excluding carboxylic acids is 1. The van der Waals surface area contributed by atoms with Gasteiger partial charge in [0.05, 0.1) is 5.69 Å². The van der Waals surface area contributed by atoms with Gasteiger partial charge in [-0.3, -0.25) is 9.59 Å². The topological polar surface area (TPSA) is 76.9 Å². The molecule has 2 heterocycles. The number of carbonyl (C=O) groups is 1. The van der Waals surface area contributed by atoms with Crippen LogP contribution < -0.4 is 10.9 Å². The summed E-state index contributed by atoms with van der Waals surface area (Å²) >= 11 is 0. The Hall–Kier alpha value is -2.50. The third kappa shape index (κ3) is 2.77. The van der Waals surface area contributed by atoms with E-state index in [9.17, 15) is 9.59 Å². The van der Waals surface area contributed by atoms with Crippen molar-refractivity contribution in [2.24, 2.45) is 0 Å². The van der Waals surface area contributed by atoms with Crippen LogP contribution in [0.4, 0.5) is 5.82 Å². The van der Waals surface area contributed by atoms with Crippen molar-refractivity contribution < 1.29 is 4.79 Å². The molecule has 6 heteroatoms. The standard InChI is InChI=1S/C16H18N4O2/c1-10-5-3-8-14(17-10)18-16(22)11(2)20-15(21)9-12-6-4-7-13(12)19-20/h3,5,8-9,11H,4,6-7H2,1-2H3,(H,17,18,22). The molecule has 0 fully saturated rings. The Morgan fingerprint density at radius 3 is 2.95 bits per heavy atom. The van der Waals surface area contributed by atoms with Gasteiger partial charge >= 0.3 is 0 Å². The molecule has 1 atom stereocenters. The lowest BCUT2D eigenvalue weighted by Crippen LogP contribution is -2.34. The van der Waals surface area contributed by atoms with Crippen molar-refractivity contribution >= 4 is 11.7 Å². The van der Waals surface area contributed by atoms with Crippen molar-refractivity contribution in [2.45, 2.75) is 39.2 Å². The SMILES string of the molecule is Cc1cccc(NC(=O)C(C)n2nc3c(cc2=O)CCC3)n1. The van der Waals surface area contributed by atoms with Crippen LogP contribution in [0.2, 0.25) is 0 Å². The summed E-state index contributed by atoms with van der Waals surface area (Å²) < 4.78 is 1.26. The van der Waals surface area contributed by atoms with Gasteiger partial charge in [0.25, 0.3) is 5.56 Å². The number of aryl methyl sites for hydroxylation is 3. The molecule has 0 bridgehead atoms. The zero-order valence-electron chi connectivity index (χ0n) is 12.7. The summed E-state index contributed by atoms with van der Waals surface area (Å²) in [6, 6.07) is 6.31. The second-order valence-electron chi connectivity index (χ2n) is 5.58. The maximum atomic E-state index is 12.3. The predicted octanol–water partition coefficient (Wildman–Crippen LogP) is 1.64. The number of nitrogens with one attached hydrogen (secondary N) is 1. The zero-order chi connectivity index (χ0) is 15.7. The molecule has 1 amide bonds. The molecule has 3 rings (SSSR count). The molecular formula is C16H18N4O2. The quantitative estimate of drug-likeness (QED) is 0.934. The van der Waals surface area contributed by atoms with Gasteiger partial charge in [-0.2, -0.15) is 5.10 Å². The van der Waals surface area contributed by atoms with Crippen LogP contribution in [0.5, 0.6) is 0 Å². The van der Waals surface area contributed by atoms with Gasteiger partial charge in [-0.25, -0.2) is 9.67 Å². The van der Waals surface area contributed by atoms with Crippen LogP contribution in [0.15, 0.2) is 29.1 Å². The fourth-order valence-electron chi connectivity index (χ4n) is 2.65. The van der Waals surface area contributed by atoms with Gasteiger partial charge < -0.3 is 5.32 Å². The Morgan fingerprint density at radius 2 is 2.18 bits per heavy atom. The zero-order valence-corrected chi connectivity index (χ0v) is 12.7. The van der Waals surface area contributed by atoms with E-state index < -0.39 is 6.04 Å². The van der Waals surface area contributed by atoms with E-state index in [1.54, 1.807) is 19.1 Å². The lowest BCUT2D eigenvalue weighted by molar-refractivity contribution is -0.119. The van der Waals surface area contributed by atoms with Crippen LogP contribution >= 0.6 is 0 Å². The minimum atomic E-state index is -0.680. The van der Waals surface area contributed by atoms with E-state index in [1.807, 2.05) is 19.1 Å². The van der Waals surface area contributed by atoms with Crippen molar-refractivity contribution in [1.29, 1.82) is 0 Å². The van der Waals surface area contributed by atoms with Crippen molar-refractivity contribution in [3.63, 3.8) is 0 Å². The number of fused-ring (bicyclic) bond motifs is 1. The molecule has 2 aromatic rings. The van der Waals surface area contributed by atoms with E-state index >= 15 is 0 Å². The molecule has 0 saturated carbocycles. The smallest absolute Gasteiger partial charge is 0.267 e. The van der Waals surface area contributed by atoms with Gasteiger partial charge in [-0.15, -0.1) is 0 Å². The van der Waals surface area contributed by atoms with Gasteiger partial charge in [0.2, 0.25) is 5.91 Å². The number of hydrogen-bond donors (Lipinski definition) is 1. The summed E-state index contributed by atoms with van der Waals surface area (Å²) in [6.07, 6.45) is 2.77. The third-order valence-electron chi connectivity index (χ3n) is 3.87. The first kappa shape index (κ1) is 14.4. The Morgan fingerprint density at radius 1 is 1.36 bits per heavy atom. The summed E-state index contributed by atoms with van der Waals surface area (Å²) in [5.41, 5.74) is 2.51. The number of anilines is 1. The average Bonchev–Trinajstić information content (AvgIpc) is 2.92. The Labute approximate surface area is 128 Å². The van der Waals surface area contributed by atoms with E-state index in [1.165, 1.54) is 4.68 Å². The van der Waals surface area contributed by atoms with Crippen LogP contribution in [0.3, 0.4) is 0 Å². The highest BCUT2D eigenvalue weighted by molar-refractivity contribution is 5.92. The van der Waals surface area contributed by atoms with E-state index in [4.69, 9.17) is 0 Å². The number of aromatic nitrogens is 3. The van der Waals surface area contributed by atoms with Crippen LogP contribution in [-0.4, -0.2) is 20.7 Å². The first-order chi connectivity index (χ1) is 10.5. The van der Waals surface area contributed by atoms with E-state index in [0.717, 1.165) is 36.2 Å². The van der Waals surface area contributed by atoms with Crippen LogP contribution in [0, 0.1) is 6.92 Å². The van der Waals surface area contributed by atoms with Crippen LogP contribution in [-0.2, 0) is 17.6 Å². The third-order valence-corrected chi connectivity index (χ3v) is 3.87. The predicted molar refractivity (Wildman–Crippen MR) is 82.8 cm³/mol. The Bertz CT molecular complexity index is 782. The minimum absolute atomic E-state index is 0.236. The molecule has 0 radical (unpaired) electrons. The maximum Gasteiger partial charge on any atom is 0.267 e. The molecular weight excluding hydrogens is 280 g/mol. The molecule has 0 aromatic carbocycles. The minimum Gasteiger partial charge on any atom is -0.309 e. The van der Waals surface area contributed by atoms with E-state index in [-0.39, 0.29) is 11.5 Å². The fraction of sp³-hybridized carbons (Fsp3) is 0.375. The Kier molecular flexibility index (Phi) is 3.75. The van der Waals surface area contributed by atoms with Crippen molar-refractivity contribution in [2.75, 3.05) is 5.32 Å². The molecule has 0 spiro atoms. The van der Waals surface area contributed by atoms with Gasteiger partial charge in [0, 0.05) is 11.8 Å². The highest BCUT2D eigenvalue weighted by atomic mass is 16.2. The molecule has 22 heavy (non-hydrogen) atoms. The van der Waals surface area contributed by atoms with Crippen LogP contribution in [0.1, 0.15) is 36.3 Å². The van der Waals surface area contributed by atoms with E-state index in [2.05, 4.69) is 15.4 Å². The molecule has 2 aromatic heterocycles. The first-order valence-electron chi connectivity index (χ1n) is 7.41. The fourth-order valence-corrected chi connectivity index (χ4v) is 2.65. The highest BCUT2D eigenvalue weighted by Gasteiger charge is 2.21. The second-order valence-corrected chi connectivity index (χ2v) is 5.58. The molecule has 0 saturated heterocycles. The normalized spacial score (nSPS) is 14.5. The number of amides is 1. The largest absolute Gasteiger partial charge is 0.309 e. The molecule has 0 aliphatic heterocycles. The monoisotopic (exact) mass is 298 g/mol. The summed E-state index contributed by atoms with van der Waals surface area (Å²) in [6.45, 7) is 3.52. The summed E-state index contributed by atoms with van der Waals surface area (Å²) in [5, 5.41) is 7.08. The maximum absolute atomic E-state index is 12.3. The Balaban J connectivity index is 1.83. The lowest BCUT2D eigenvalue weighted by Gasteiger charge is -2.14. The van der Waals surface area contributed by atoms with Crippen molar-refractivity contribution in [3.05, 3.63) is 51.6 Å². The number of rotatable bonds is 3. The average molecular weight is 298 g/mol. The second kappa shape index (κ2) is 5.71. The molecule has 1 aliphatic carbocycles. The molecule has 1 aliphatic rings. The molecule has 1 N–H and O–H groups in total. The van der Waals surface area contributed by atoms with Crippen molar-refractivity contribution in [3.8, 4) is 0 Å². The van der Waals surface area contributed by atoms with Gasteiger partial charge in [0.15, 0.2) is 0 Å². The summed E-state index contributed by atoms with van der Waals surface area (Å²) in [5.74, 6) is 0.178.